The molecule has 0 spiro atoms. The quantitative estimate of drug-likeness (QED) is 0.677. The Morgan fingerprint density at radius 1 is 1.19 bits per heavy atom. The highest BCUT2D eigenvalue weighted by Gasteiger charge is 2.18. The van der Waals surface area contributed by atoms with Crippen LogP contribution in [-0.2, 0) is 6.54 Å². The summed E-state index contributed by atoms with van der Waals surface area (Å²) in [5.41, 5.74) is 1.75. The van der Waals surface area contributed by atoms with Crippen LogP contribution in [0.1, 0.15) is 22.0 Å². The summed E-state index contributed by atoms with van der Waals surface area (Å²) in [5, 5.41) is 7.81. The lowest BCUT2D eigenvalue weighted by atomic mass is 10.1. The van der Waals surface area contributed by atoms with Gasteiger partial charge < -0.3 is 15.5 Å². The summed E-state index contributed by atoms with van der Waals surface area (Å²) >= 11 is 1.54. The molecule has 0 aliphatic carbocycles. The number of nitrogens with zero attached hydrogens (tertiary/aromatic N) is 2. The number of benzene rings is 1. The van der Waals surface area contributed by atoms with Gasteiger partial charge in [-0.3, -0.25) is 0 Å². The number of rotatable bonds is 6. The highest BCUT2D eigenvalue weighted by atomic mass is 32.1. The lowest BCUT2D eigenvalue weighted by Crippen LogP contribution is -2.38. The normalized spacial score (nSPS) is 11.7. The second-order valence-corrected chi connectivity index (χ2v) is 7.19. The molecule has 0 aliphatic rings. The molecule has 2 amide bonds. The van der Waals surface area contributed by atoms with E-state index in [1.54, 1.807) is 18.3 Å². The van der Waals surface area contributed by atoms with Crippen molar-refractivity contribution >= 4 is 23.2 Å². The molecule has 1 unspecified atom stereocenters. The number of urea groups is 1. The second kappa shape index (κ2) is 8.64. The van der Waals surface area contributed by atoms with Gasteiger partial charge in [0.2, 0.25) is 0 Å². The van der Waals surface area contributed by atoms with Crippen LogP contribution in [0, 0.1) is 5.82 Å². The van der Waals surface area contributed by atoms with Crippen molar-refractivity contribution in [3.8, 4) is 0 Å². The van der Waals surface area contributed by atoms with Crippen molar-refractivity contribution < 1.29 is 9.18 Å². The van der Waals surface area contributed by atoms with E-state index in [9.17, 15) is 9.18 Å². The van der Waals surface area contributed by atoms with Crippen LogP contribution >= 0.6 is 11.3 Å². The Kier molecular flexibility index (Phi) is 6.03. The SMILES string of the molecule is CN(C)c1ncccc1CNC(=O)NC(c1ccc(F)cc1)c1cccs1. The second-order valence-electron chi connectivity index (χ2n) is 6.21. The van der Waals surface area contributed by atoms with E-state index in [1.165, 1.54) is 23.5 Å². The van der Waals surface area contributed by atoms with Crippen molar-refractivity contribution in [2.75, 3.05) is 19.0 Å². The number of halogens is 1. The molecule has 2 N–H and O–H groups in total. The summed E-state index contributed by atoms with van der Waals surface area (Å²) in [6.45, 7) is 0.355. The van der Waals surface area contributed by atoms with Crippen LogP contribution in [0.2, 0.25) is 0 Å². The average molecular weight is 384 g/mol. The van der Waals surface area contributed by atoms with Gasteiger partial charge in [0.15, 0.2) is 0 Å². The van der Waals surface area contributed by atoms with Crippen molar-refractivity contribution in [2.24, 2.45) is 0 Å². The molecule has 0 bridgehead atoms. The Balaban J connectivity index is 1.71. The summed E-state index contributed by atoms with van der Waals surface area (Å²) in [6, 6.07) is 13.2. The van der Waals surface area contributed by atoms with E-state index in [2.05, 4.69) is 15.6 Å². The maximum Gasteiger partial charge on any atom is 0.315 e. The first-order valence-electron chi connectivity index (χ1n) is 8.49. The van der Waals surface area contributed by atoms with Gasteiger partial charge in [0.05, 0.1) is 6.04 Å². The molecule has 0 fully saturated rings. The van der Waals surface area contributed by atoms with E-state index in [-0.39, 0.29) is 17.9 Å². The third kappa shape index (κ3) is 4.83. The maximum atomic E-state index is 13.3. The Morgan fingerprint density at radius 2 is 1.96 bits per heavy atom. The molecule has 3 aromatic rings. The third-order valence-electron chi connectivity index (χ3n) is 4.04. The fourth-order valence-electron chi connectivity index (χ4n) is 2.76. The predicted molar refractivity (Wildman–Crippen MR) is 106 cm³/mol. The summed E-state index contributed by atoms with van der Waals surface area (Å²) in [7, 11) is 3.82. The molecule has 3 rings (SSSR count). The molecule has 5 nitrogen and oxygen atoms in total. The molecular weight excluding hydrogens is 363 g/mol. The van der Waals surface area contributed by atoms with Crippen LogP contribution in [0.15, 0.2) is 60.1 Å². The molecule has 7 heteroatoms. The van der Waals surface area contributed by atoms with Crippen LogP contribution in [-0.4, -0.2) is 25.1 Å². The fraction of sp³-hybridized carbons (Fsp3) is 0.200. The minimum Gasteiger partial charge on any atom is -0.362 e. The minimum atomic E-state index is -0.340. The van der Waals surface area contributed by atoms with Gasteiger partial charge in [-0.2, -0.15) is 0 Å². The maximum absolute atomic E-state index is 13.3. The summed E-state index contributed by atoms with van der Waals surface area (Å²) in [5.74, 6) is 0.507. The molecule has 0 radical (unpaired) electrons. The summed E-state index contributed by atoms with van der Waals surface area (Å²) in [6.07, 6.45) is 1.72. The molecule has 27 heavy (non-hydrogen) atoms. The van der Waals surface area contributed by atoms with Gasteiger partial charge in [0.25, 0.3) is 0 Å². The number of thiophene rings is 1. The number of carbonyl (C=O) groups excluding carboxylic acids is 1. The van der Waals surface area contributed by atoms with Gasteiger partial charge in [0.1, 0.15) is 11.6 Å². The first-order chi connectivity index (χ1) is 13.0. The number of pyridine rings is 1. The van der Waals surface area contributed by atoms with Crippen LogP contribution < -0.4 is 15.5 Å². The number of hydrogen-bond acceptors (Lipinski definition) is 4. The fourth-order valence-corrected chi connectivity index (χ4v) is 3.56. The largest absolute Gasteiger partial charge is 0.362 e. The molecule has 140 valence electrons. The zero-order chi connectivity index (χ0) is 19.2. The van der Waals surface area contributed by atoms with E-state index in [0.29, 0.717) is 6.54 Å². The van der Waals surface area contributed by atoms with Gasteiger partial charge in [-0.05, 0) is 35.2 Å². The highest BCUT2D eigenvalue weighted by Crippen LogP contribution is 2.26. The van der Waals surface area contributed by atoms with Gasteiger partial charge in [0, 0.05) is 37.3 Å². The van der Waals surface area contributed by atoms with Crippen molar-refractivity contribution in [2.45, 2.75) is 12.6 Å². The molecule has 1 atom stereocenters. The zero-order valence-corrected chi connectivity index (χ0v) is 16.0. The first-order valence-corrected chi connectivity index (χ1v) is 9.37. The molecule has 2 heterocycles. The van der Waals surface area contributed by atoms with Gasteiger partial charge in [-0.25, -0.2) is 14.2 Å². The lowest BCUT2D eigenvalue weighted by molar-refractivity contribution is 0.238. The van der Waals surface area contributed by atoms with E-state index in [0.717, 1.165) is 21.8 Å². The summed E-state index contributed by atoms with van der Waals surface area (Å²) < 4.78 is 13.3. The van der Waals surface area contributed by atoms with E-state index < -0.39 is 0 Å². The van der Waals surface area contributed by atoms with Crippen LogP contribution in [0.25, 0.3) is 0 Å². The standard InChI is InChI=1S/C20H21FN4OS/c1-25(2)19-15(5-3-11-22-19)13-23-20(26)24-18(17-6-4-12-27-17)14-7-9-16(21)10-8-14/h3-12,18H,13H2,1-2H3,(H2,23,24,26). The first kappa shape index (κ1) is 18.8. The predicted octanol–water partition coefficient (Wildman–Crippen LogP) is 3.94. The van der Waals surface area contributed by atoms with E-state index in [1.807, 2.05) is 48.6 Å². The number of hydrogen-bond donors (Lipinski definition) is 2. The van der Waals surface area contributed by atoms with Gasteiger partial charge in [-0.1, -0.05) is 24.3 Å². The number of anilines is 1. The van der Waals surface area contributed by atoms with Gasteiger partial charge >= 0.3 is 6.03 Å². The number of amides is 2. The van der Waals surface area contributed by atoms with Crippen LogP contribution in [0.4, 0.5) is 15.0 Å². The minimum absolute atomic E-state index is 0.300. The van der Waals surface area contributed by atoms with Crippen molar-refractivity contribution in [3.05, 3.63) is 81.9 Å². The number of carbonyl (C=O) groups is 1. The zero-order valence-electron chi connectivity index (χ0n) is 15.1. The Morgan fingerprint density at radius 3 is 2.63 bits per heavy atom. The van der Waals surface area contributed by atoms with Crippen molar-refractivity contribution in [3.63, 3.8) is 0 Å². The van der Waals surface area contributed by atoms with E-state index >= 15 is 0 Å². The van der Waals surface area contributed by atoms with Crippen LogP contribution in [0.5, 0.6) is 0 Å². The molecule has 0 saturated heterocycles. The number of nitrogens with one attached hydrogen (secondary N) is 2. The van der Waals surface area contributed by atoms with Gasteiger partial charge in [-0.15, -0.1) is 11.3 Å². The van der Waals surface area contributed by atoms with Crippen LogP contribution in [0.3, 0.4) is 0 Å². The molecule has 0 saturated carbocycles. The Bertz CT molecular complexity index is 881. The molecular formula is C20H21FN4OS. The highest BCUT2D eigenvalue weighted by molar-refractivity contribution is 7.10. The van der Waals surface area contributed by atoms with E-state index in [4.69, 9.17) is 0 Å². The molecule has 0 aliphatic heterocycles. The van der Waals surface area contributed by atoms with Crippen molar-refractivity contribution in [1.82, 2.24) is 15.6 Å². The Labute approximate surface area is 161 Å². The van der Waals surface area contributed by atoms with Crippen molar-refractivity contribution in [1.29, 1.82) is 0 Å². The Hall–Kier alpha value is -2.93. The lowest BCUT2D eigenvalue weighted by Gasteiger charge is -2.20. The third-order valence-corrected chi connectivity index (χ3v) is 4.97. The monoisotopic (exact) mass is 384 g/mol. The summed E-state index contributed by atoms with van der Waals surface area (Å²) in [4.78, 5) is 19.7. The smallest absolute Gasteiger partial charge is 0.315 e. The number of aromatic nitrogens is 1. The molecule has 1 aromatic carbocycles. The topological polar surface area (TPSA) is 57.3 Å². The average Bonchev–Trinajstić information content (AvgIpc) is 3.20. The molecule has 2 aromatic heterocycles.